The molecule has 0 radical (unpaired) electrons. The zero-order valence-electron chi connectivity index (χ0n) is 11.2. The Morgan fingerprint density at radius 1 is 1.39 bits per heavy atom. The van der Waals surface area contributed by atoms with Gasteiger partial charge in [0, 0.05) is 30.1 Å². The summed E-state index contributed by atoms with van der Waals surface area (Å²) in [6.45, 7) is 6.81. The van der Waals surface area contributed by atoms with Crippen LogP contribution in [0.2, 0.25) is 5.02 Å². The lowest BCUT2D eigenvalue weighted by molar-refractivity contribution is -0.137. The first-order valence-electron chi connectivity index (χ1n) is 6.20. The zero-order chi connectivity index (χ0) is 13.7. The summed E-state index contributed by atoms with van der Waals surface area (Å²) >= 11 is 5.95. The summed E-state index contributed by atoms with van der Waals surface area (Å²) in [5.74, 6) is -0.0564. The summed E-state index contributed by atoms with van der Waals surface area (Å²) in [4.78, 5) is 14.1. The highest BCUT2D eigenvalue weighted by Crippen LogP contribution is 2.16. The molecule has 0 fully saturated rings. The maximum Gasteiger partial charge on any atom is 0.227 e. The molecule has 1 aromatic carbocycles. The van der Waals surface area contributed by atoms with Crippen molar-refractivity contribution < 1.29 is 4.79 Å². The fraction of sp³-hybridized carbons (Fsp3) is 0.500. The van der Waals surface area contributed by atoms with Gasteiger partial charge in [-0.05, 0) is 31.5 Å². The second-order valence-corrected chi connectivity index (χ2v) is 5.26. The highest BCUT2D eigenvalue weighted by atomic mass is 35.5. The van der Waals surface area contributed by atoms with Crippen molar-refractivity contribution in [3.05, 3.63) is 34.9 Å². The second-order valence-electron chi connectivity index (χ2n) is 4.83. The molecule has 1 unspecified atom stereocenters. The SMILES string of the molecule is CC(CN)C(=O)N(Cc1cccc(Cl)c1)C(C)C. The molecular formula is C14H21ClN2O. The van der Waals surface area contributed by atoms with E-state index in [1.165, 1.54) is 0 Å². The number of nitrogens with two attached hydrogens (primary N) is 1. The third kappa shape index (κ3) is 4.00. The van der Waals surface area contributed by atoms with Crippen LogP contribution in [0.4, 0.5) is 0 Å². The van der Waals surface area contributed by atoms with E-state index >= 15 is 0 Å². The molecule has 0 bridgehead atoms. The molecule has 1 amide bonds. The fourth-order valence-corrected chi connectivity index (χ4v) is 1.94. The van der Waals surface area contributed by atoms with Gasteiger partial charge < -0.3 is 10.6 Å². The molecule has 3 nitrogen and oxygen atoms in total. The summed E-state index contributed by atoms with van der Waals surface area (Å²) in [6, 6.07) is 7.73. The molecule has 1 atom stereocenters. The van der Waals surface area contributed by atoms with E-state index in [0.29, 0.717) is 18.1 Å². The van der Waals surface area contributed by atoms with Crippen LogP contribution < -0.4 is 5.73 Å². The smallest absolute Gasteiger partial charge is 0.227 e. The van der Waals surface area contributed by atoms with E-state index in [2.05, 4.69) is 0 Å². The van der Waals surface area contributed by atoms with Gasteiger partial charge in [-0.1, -0.05) is 30.7 Å². The lowest BCUT2D eigenvalue weighted by Crippen LogP contribution is -2.41. The molecule has 18 heavy (non-hydrogen) atoms. The number of hydrogen-bond acceptors (Lipinski definition) is 2. The van der Waals surface area contributed by atoms with E-state index in [0.717, 1.165) is 5.56 Å². The number of benzene rings is 1. The van der Waals surface area contributed by atoms with Crippen molar-refractivity contribution in [1.29, 1.82) is 0 Å². The van der Waals surface area contributed by atoms with Gasteiger partial charge in [-0.15, -0.1) is 0 Å². The number of amides is 1. The van der Waals surface area contributed by atoms with Crippen LogP contribution in [0, 0.1) is 5.92 Å². The molecule has 0 aliphatic rings. The molecule has 1 rings (SSSR count). The van der Waals surface area contributed by atoms with E-state index < -0.39 is 0 Å². The van der Waals surface area contributed by atoms with Gasteiger partial charge in [0.2, 0.25) is 5.91 Å². The minimum atomic E-state index is -0.147. The van der Waals surface area contributed by atoms with E-state index in [9.17, 15) is 4.79 Å². The molecular weight excluding hydrogens is 248 g/mol. The molecule has 0 saturated carbocycles. The highest BCUT2D eigenvalue weighted by molar-refractivity contribution is 6.30. The maximum absolute atomic E-state index is 12.2. The molecule has 0 aliphatic carbocycles. The van der Waals surface area contributed by atoms with Crippen molar-refractivity contribution in [3.8, 4) is 0 Å². The van der Waals surface area contributed by atoms with Crippen LogP contribution in [0.1, 0.15) is 26.3 Å². The van der Waals surface area contributed by atoms with E-state index in [1.54, 1.807) is 0 Å². The number of rotatable bonds is 5. The normalized spacial score (nSPS) is 12.6. The van der Waals surface area contributed by atoms with Crippen molar-refractivity contribution in [3.63, 3.8) is 0 Å². The van der Waals surface area contributed by atoms with E-state index in [1.807, 2.05) is 49.9 Å². The van der Waals surface area contributed by atoms with Crippen LogP contribution in [-0.4, -0.2) is 23.4 Å². The minimum absolute atomic E-state index is 0.0903. The third-order valence-corrected chi connectivity index (χ3v) is 3.16. The van der Waals surface area contributed by atoms with Gasteiger partial charge in [-0.3, -0.25) is 4.79 Å². The minimum Gasteiger partial charge on any atom is -0.336 e. The Bertz CT molecular complexity index is 407. The first kappa shape index (κ1) is 15.0. The number of nitrogens with zero attached hydrogens (tertiary/aromatic N) is 1. The molecule has 2 N–H and O–H groups in total. The standard InChI is InChI=1S/C14H21ClN2O/c1-10(2)17(14(18)11(3)8-16)9-12-5-4-6-13(15)7-12/h4-7,10-11H,8-9,16H2,1-3H3. The average Bonchev–Trinajstić information content (AvgIpc) is 2.34. The Balaban J connectivity index is 2.84. The summed E-state index contributed by atoms with van der Waals surface area (Å²) in [7, 11) is 0. The Morgan fingerprint density at radius 3 is 2.56 bits per heavy atom. The molecule has 0 heterocycles. The largest absolute Gasteiger partial charge is 0.336 e. The third-order valence-electron chi connectivity index (χ3n) is 2.92. The Labute approximate surface area is 114 Å². The van der Waals surface area contributed by atoms with E-state index in [4.69, 9.17) is 17.3 Å². The van der Waals surface area contributed by atoms with Gasteiger partial charge in [0.05, 0.1) is 0 Å². The summed E-state index contributed by atoms with van der Waals surface area (Å²) < 4.78 is 0. The van der Waals surface area contributed by atoms with Gasteiger partial charge in [-0.25, -0.2) is 0 Å². The van der Waals surface area contributed by atoms with Gasteiger partial charge >= 0.3 is 0 Å². The van der Waals surface area contributed by atoms with Gasteiger partial charge in [0.1, 0.15) is 0 Å². The van der Waals surface area contributed by atoms with Crippen molar-refractivity contribution in [2.45, 2.75) is 33.4 Å². The van der Waals surface area contributed by atoms with Crippen LogP contribution in [0.15, 0.2) is 24.3 Å². The van der Waals surface area contributed by atoms with Crippen LogP contribution in [0.25, 0.3) is 0 Å². The molecule has 100 valence electrons. The average molecular weight is 269 g/mol. The predicted molar refractivity (Wildman–Crippen MR) is 75.4 cm³/mol. The van der Waals surface area contributed by atoms with Crippen LogP contribution >= 0.6 is 11.6 Å². The van der Waals surface area contributed by atoms with Crippen LogP contribution in [0.3, 0.4) is 0 Å². The van der Waals surface area contributed by atoms with Crippen LogP contribution in [0.5, 0.6) is 0 Å². The van der Waals surface area contributed by atoms with Crippen molar-refractivity contribution in [2.24, 2.45) is 11.7 Å². The summed E-state index contributed by atoms with van der Waals surface area (Å²) in [5.41, 5.74) is 6.60. The monoisotopic (exact) mass is 268 g/mol. The van der Waals surface area contributed by atoms with E-state index in [-0.39, 0.29) is 17.9 Å². The topological polar surface area (TPSA) is 46.3 Å². The van der Waals surface area contributed by atoms with Gasteiger partial charge in [0.25, 0.3) is 0 Å². The first-order chi connectivity index (χ1) is 8.45. The molecule has 0 saturated heterocycles. The quantitative estimate of drug-likeness (QED) is 0.892. The Hall–Kier alpha value is -1.06. The van der Waals surface area contributed by atoms with Gasteiger partial charge in [0.15, 0.2) is 0 Å². The fourth-order valence-electron chi connectivity index (χ4n) is 1.73. The number of hydrogen-bond donors (Lipinski definition) is 1. The maximum atomic E-state index is 12.2. The number of halogens is 1. The summed E-state index contributed by atoms with van der Waals surface area (Å²) in [6.07, 6.45) is 0. The first-order valence-corrected chi connectivity index (χ1v) is 6.58. The van der Waals surface area contributed by atoms with Crippen molar-refractivity contribution >= 4 is 17.5 Å². The lowest BCUT2D eigenvalue weighted by atomic mass is 10.1. The molecule has 1 aromatic rings. The van der Waals surface area contributed by atoms with Crippen molar-refractivity contribution in [2.75, 3.05) is 6.54 Å². The lowest BCUT2D eigenvalue weighted by Gasteiger charge is -2.29. The number of carbonyl (C=O) groups is 1. The van der Waals surface area contributed by atoms with Crippen molar-refractivity contribution in [1.82, 2.24) is 4.90 Å². The predicted octanol–water partition coefficient (Wildman–Crippen LogP) is 2.67. The second kappa shape index (κ2) is 6.76. The number of carbonyl (C=O) groups excluding carboxylic acids is 1. The zero-order valence-corrected chi connectivity index (χ0v) is 11.9. The molecule has 0 aliphatic heterocycles. The molecule has 4 heteroatoms. The van der Waals surface area contributed by atoms with Crippen LogP contribution in [-0.2, 0) is 11.3 Å². The Morgan fingerprint density at radius 2 is 2.06 bits per heavy atom. The van der Waals surface area contributed by atoms with Gasteiger partial charge in [-0.2, -0.15) is 0 Å². The highest BCUT2D eigenvalue weighted by Gasteiger charge is 2.21. The molecule has 0 aromatic heterocycles. The molecule has 0 spiro atoms. The Kier molecular flexibility index (Phi) is 5.63. The summed E-state index contributed by atoms with van der Waals surface area (Å²) in [5, 5.41) is 0.690.